The summed E-state index contributed by atoms with van der Waals surface area (Å²) in [4.78, 5) is 24.8. The van der Waals surface area contributed by atoms with Crippen LogP contribution in [0.5, 0.6) is 0 Å². The van der Waals surface area contributed by atoms with Crippen LogP contribution in [-0.2, 0) is 6.54 Å². The van der Waals surface area contributed by atoms with E-state index in [-0.39, 0.29) is 12.5 Å². The van der Waals surface area contributed by atoms with Crippen molar-refractivity contribution in [3.05, 3.63) is 59.7 Å². The summed E-state index contributed by atoms with van der Waals surface area (Å²) in [6, 6.07) is 9.49. The van der Waals surface area contributed by atoms with Crippen LogP contribution in [-0.4, -0.2) is 39.1 Å². The number of carbonyl (C=O) groups is 1. The lowest BCUT2D eigenvalue weighted by Gasteiger charge is -2.23. The molecule has 1 aliphatic rings. The summed E-state index contributed by atoms with van der Waals surface area (Å²) in [7, 11) is 0. The fraction of sp³-hybridized carbons (Fsp3) is 0.316. The van der Waals surface area contributed by atoms with Gasteiger partial charge in [0.05, 0.1) is 6.54 Å². The van der Waals surface area contributed by atoms with Gasteiger partial charge in [0.25, 0.3) is 5.91 Å². The first-order chi connectivity index (χ1) is 13.3. The fourth-order valence-electron chi connectivity index (χ4n) is 3.16. The van der Waals surface area contributed by atoms with E-state index < -0.39 is 0 Å². The third-order valence-electron chi connectivity index (χ3n) is 4.55. The first kappa shape index (κ1) is 17.3. The third-order valence-corrected chi connectivity index (χ3v) is 4.55. The largest absolute Gasteiger partial charge is 0.343 e. The molecule has 3 aromatic rings. The number of nitrogens with zero attached hydrogens (tertiary/aromatic N) is 4. The lowest BCUT2D eigenvalue weighted by Crippen LogP contribution is -2.28. The number of rotatable bonds is 5. The Labute approximate surface area is 156 Å². The van der Waals surface area contributed by atoms with Crippen LogP contribution < -0.4 is 10.6 Å². The Kier molecular flexibility index (Phi) is 5.15. The summed E-state index contributed by atoms with van der Waals surface area (Å²) in [6.07, 6.45) is 5.51. The minimum Gasteiger partial charge on any atom is -0.343 e. The quantitative estimate of drug-likeness (QED) is 0.712. The van der Waals surface area contributed by atoms with Crippen LogP contribution >= 0.6 is 0 Å². The molecule has 138 valence electrons. The second kappa shape index (κ2) is 8.05. The molecule has 27 heavy (non-hydrogen) atoms. The molecule has 1 fully saturated rings. The number of hydrogen-bond acceptors (Lipinski definition) is 7. The highest BCUT2D eigenvalue weighted by molar-refractivity contribution is 5.94. The van der Waals surface area contributed by atoms with Gasteiger partial charge in [-0.25, -0.2) is 9.97 Å². The van der Waals surface area contributed by atoms with Crippen LogP contribution in [0.4, 0.5) is 0 Å². The van der Waals surface area contributed by atoms with Crippen LogP contribution in [0, 0.1) is 0 Å². The smallest absolute Gasteiger partial charge is 0.251 e. The SMILES string of the molecule is O=C(NCc1nc(-c2ncccn2)no1)c1cccc([C@H]2CCCNC2)c1. The maximum atomic E-state index is 12.5. The van der Waals surface area contributed by atoms with Gasteiger partial charge in [0.1, 0.15) is 0 Å². The van der Waals surface area contributed by atoms with Gasteiger partial charge in [0.2, 0.25) is 17.5 Å². The van der Waals surface area contributed by atoms with E-state index in [9.17, 15) is 4.79 Å². The van der Waals surface area contributed by atoms with Gasteiger partial charge in [0.15, 0.2) is 0 Å². The van der Waals surface area contributed by atoms with Gasteiger partial charge in [-0.2, -0.15) is 4.98 Å². The highest BCUT2D eigenvalue weighted by atomic mass is 16.5. The van der Waals surface area contributed by atoms with Crippen molar-refractivity contribution in [1.82, 2.24) is 30.7 Å². The van der Waals surface area contributed by atoms with Crippen molar-refractivity contribution in [3.8, 4) is 11.6 Å². The van der Waals surface area contributed by atoms with Crippen molar-refractivity contribution < 1.29 is 9.32 Å². The van der Waals surface area contributed by atoms with Crippen LogP contribution in [0.25, 0.3) is 11.6 Å². The lowest BCUT2D eigenvalue weighted by atomic mass is 9.90. The van der Waals surface area contributed by atoms with Crippen molar-refractivity contribution in [2.45, 2.75) is 25.3 Å². The predicted molar refractivity (Wildman–Crippen MR) is 97.8 cm³/mol. The molecule has 0 bridgehead atoms. The van der Waals surface area contributed by atoms with Gasteiger partial charge in [-0.1, -0.05) is 17.3 Å². The topological polar surface area (TPSA) is 106 Å². The molecule has 1 amide bonds. The van der Waals surface area contributed by atoms with Crippen LogP contribution in [0.2, 0.25) is 0 Å². The summed E-state index contributed by atoms with van der Waals surface area (Å²) in [5.41, 5.74) is 1.82. The summed E-state index contributed by atoms with van der Waals surface area (Å²) in [5, 5.41) is 10.1. The number of benzene rings is 1. The molecule has 1 aliphatic heterocycles. The predicted octanol–water partition coefficient (Wildman–Crippen LogP) is 1.92. The Morgan fingerprint density at radius 1 is 1.22 bits per heavy atom. The standard InChI is InChI=1S/C19H20N6O2/c26-19(14-5-1-4-13(10-14)15-6-2-7-20-11-15)23-12-16-24-18(25-27-16)17-21-8-3-9-22-17/h1,3-5,8-10,15,20H,2,6-7,11-12H2,(H,23,26)/t15-/m0/s1. The van der Waals surface area contributed by atoms with Crippen molar-refractivity contribution in [2.75, 3.05) is 13.1 Å². The molecule has 1 atom stereocenters. The molecular formula is C19H20N6O2. The van der Waals surface area contributed by atoms with Gasteiger partial charge in [-0.15, -0.1) is 0 Å². The minimum atomic E-state index is -0.170. The second-order valence-electron chi connectivity index (χ2n) is 6.44. The summed E-state index contributed by atoms with van der Waals surface area (Å²) in [6.45, 7) is 2.17. The van der Waals surface area contributed by atoms with Crippen LogP contribution in [0.3, 0.4) is 0 Å². The van der Waals surface area contributed by atoms with Crippen molar-refractivity contribution in [1.29, 1.82) is 0 Å². The highest BCUT2D eigenvalue weighted by Crippen LogP contribution is 2.23. The Morgan fingerprint density at radius 2 is 2.11 bits per heavy atom. The van der Waals surface area contributed by atoms with Crippen LogP contribution in [0.1, 0.15) is 40.6 Å². The van der Waals surface area contributed by atoms with E-state index in [0.29, 0.717) is 29.0 Å². The highest BCUT2D eigenvalue weighted by Gasteiger charge is 2.17. The zero-order chi connectivity index (χ0) is 18.5. The molecule has 8 nitrogen and oxygen atoms in total. The number of piperidine rings is 1. The van der Waals surface area contributed by atoms with Crippen molar-refractivity contribution in [3.63, 3.8) is 0 Å². The molecule has 0 aliphatic carbocycles. The first-order valence-electron chi connectivity index (χ1n) is 8.98. The maximum absolute atomic E-state index is 12.5. The van der Waals surface area contributed by atoms with Gasteiger partial charge < -0.3 is 15.2 Å². The zero-order valence-corrected chi connectivity index (χ0v) is 14.8. The van der Waals surface area contributed by atoms with Gasteiger partial charge in [-0.3, -0.25) is 4.79 Å². The van der Waals surface area contributed by atoms with Crippen molar-refractivity contribution >= 4 is 5.91 Å². The Morgan fingerprint density at radius 3 is 2.93 bits per heavy atom. The molecule has 0 saturated carbocycles. The summed E-state index contributed by atoms with van der Waals surface area (Å²) in [5.74, 6) is 1.27. The van der Waals surface area contributed by atoms with Gasteiger partial charge in [0, 0.05) is 24.5 Å². The Bertz CT molecular complexity index is 905. The normalized spacial score (nSPS) is 16.8. The molecule has 0 unspecified atom stereocenters. The maximum Gasteiger partial charge on any atom is 0.251 e. The molecule has 0 radical (unpaired) electrons. The van der Waals surface area contributed by atoms with Gasteiger partial charge in [-0.05, 0) is 49.1 Å². The first-order valence-corrected chi connectivity index (χ1v) is 8.98. The molecule has 1 saturated heterocycles. The second-order valence-corrected chi connectivity index (χ2v) is 6.44. The number of carbonyl (C=O) groups excluding carboxylic acids is 1. The zero-order valence-electron chi connectivity index (χ0n) is 14.8. The van der Waals surface area contributed by atoms with Gasteiger partial charge >= 0.3 is 0 Å². The number of hydrogen-bond donors (Lipinski definition) is 2. The number of nitrogens with one attached hydrogen (secondary N) is 2. The molecule has 1 aromatic carbocycles. The fourth-order valence-corrected chi connectivity index (χ4v) is 3.16. The van der Waals surface area contributed by atoms with E-state index in [0.717, 1.165) is 25.9 Å². The molecule has 2 aromatic heterocycles. The van der Waals surface area contributed by atoms with E-state index in [1.54, 1.807) is 18.5 Å². The van der Waals surface area contributed by atoms with Crippen LogP contribution in [0.15, 0.2) is 47.2 Å². The summed E-state index contributed by atoms with van der Waals surface area (Å²) < 4.78 is 5.16. The number of aromatic nitrogens is 4. The number of amides is 1. The Hall–Kier alpha value is -3.13. The molecule has 8 heteroatoms. The molecule has 0 spiro atoms. The van der Waals surface area contributed by atoms with E-state index >= 15 is 0 Å². The average molecular weight is 364 g/mol. The molecule has 3 heterocycles. The van der Waals surface area contributed by atoms with E-state index in [2.05, 4.69) is 36.8 Å². The monoisotopic (exact) mass is 364 g/mol. The third kappa shape index (κ3) is 4.17. The lowest BCUT2D eigenvalue weighted by molar-refractivity contribution is 0.0946. The van der Waals surface area contributed by atoms with E-state index in [1.165, 1.54) is 5.56 Å². The molecule has 2 N–H and O–H groups in total. The Balaban J connectivity index is 1.39. The molecule has 4 rings (SSSR count). The van der Waals surface area contributed by atoms with E-state index in [4.69, 9.17) is 4.52 Å². The molecular weight excluding hydrogens is 344 g/mol. The summed E-state index contributed by atoms with van der Waals surface area (Å²) >= 11 is 0. The van der Waals surface area contributed by atoms with E-state index in [1.807, 2.05) is 18.2 Å². The minimum absolute atomic E-state index is 0.147. The average Bonchev–Trinajstić information content (AvgIpc) is 3.22. The van der Waals surface area contributed by atoms with Crippen molar-refractivity contribution in [2.24, 2.45) is 0 Å².